The van der Waals surface area contributed by atoms with E-state index < -0.39 is 28.5 Å². The molecular formula is C37H40ClN3O4S. The number of benzene rings is 4. The molecular weight excluding hydrogens is 618 g/mol. The molecule has 1 unspecified atom stereocenters. The summed E-state index contributed by atoms with van der Waals surface area (Å²) in [5.74, 6) is -0.737. The number of nitrogens with zero attached hydrogens (tertiary/aromatic N) is 2. The molecule has 5 rings (SSSR count). The molecule has 1 saturated carbocycles. The number of carbonyl (C=O) groups excluding carboxylic acids is 2. The molecule has 46 heavy (non-hydrogen) atoms. The summed E-state index contributed by atoms with van der Waals surface area (Å²) in [6.07, 6.45) is 4.94. The fraction of sp³-hybridized carbons (Fsp3) is 0.297. The summed E-state index contributed by atoms with van der Waals surface area (Å²) in [6.45, 7) is 1.63. The van der Waals surface area contributed by atoms with Crippen LogP contribution >= 0.6 is 11.6 Å². The lowest BCUT2D eigenvalue weighted by atomic mass is 10.0. The highest BCUT2D eigenvalue weighted by molar-refractivity contribution is 7.92. The molecule has 0 aliphatic heterocycles. The highest BCUT2D eigenvalue weighted by Crippen LogP contribution is 2.26. The van der Waals surface area contributed by atoms with E-state index in [4.69, 9.17) is 11.6 Å². The average Bonchev–Trinajstić information content (AvgIpc) is 3.60. The van der Waals surface area contributed by atoms with Gasteiger partial charge in [0.1, 0.15) is 12.6 Å². The molecule has 2 amide bonds. The molecule has 4 aromatic rings. The average molecular weight is 658 g/mol. The van der Waals surface area contributed by atoms with E-state index in [1.54, 1.807) is 42.5 Å². The van der Waals surface area contributed by atoms with E-state index in [9.17, 15) is 18.0 Å². The first-order valence-corrected chi connectivity index (χ1v) is 17.6. The Morgan fingerprint density at radius 1 is 0.804 bits per heavy atom. The molecule has 1 atom stereocenters. The SMILES string of the molecule is CCc1ccc(N(CC(=O)N(Cc2ccc(Cl)cc2)C(Cc2ccccc2)C(=O)NC2CCCC2)S(=O)(=O)c2ccccc2)cc1. The molecule has 0 heterocycles. The van der Waals surface area contributed by atoms with Gasteiger partial charge in [-0.25, -0.2) is 8.42 Å². The maximum Gasteiger partial charge on any atom is 0.264 e. The second kappa shape index (κ2) is 15.4. The fourth-order valence-electron chi connectivity index (χ4n) is 5.85. The van der Waals surface area contributed by atoms with Gasteiger partial charge in [-0.2, -0.15) is 0 Å². The first-order valence-electron chi connectivity index (χ1n) is 15.8. The molecule has 0 spiro atoms. The maximum atomic E-state index is 14.6. The van der Waals surface area contributed by atoms with Gasteiger partial charge in [0.15, 0.2) is 0 Å². The smallest absolute Gasteiger partial charge is 0.264 e. The van der Waals surface area contributed by atoms with Crippen LogP contribution in [-0.2, 0) is 39.0 Å². The predicted molar refractivity (Wildman–Crippen MR) is 183 cm³/mol. The molecule has 0 radical (unpaired) electrons. The Morgan fingerprint density at radius 2 is 1.39 bits per heavy atom. The van der Waals surface area contributed by atoms with E-state index in [1.165, 1.54) is 17.0 Å². The van der Waals surface area contributed by atoms with Crippen molar-refractivity contribution in [3.05, 3.63) is 131 Å². The number of rotatable bonds is 13. The van der Waals surface area contributed by atoms with Crippen LogP contribution in [-0.4, -0.2) is 43.8 Å². The Kier molecular flexibility index (Phi) is 11.1. The third kappa shape index (κ3) is 8.36. The third-order valence-corrected chi connectivity index (χ3v) is 10.5. The van der Waals surface area contributed by atoms with Gasteiger partial charge in [-0.1, -0.05) is 104 Å². The van der Waals surface area contributed by atoms with Crippen LogP contribution in [0.25, 0.3) is 0 Å². The van der Waals surface area contributed by atoms with Crippen LogP contribution in [0, 0.1) is 0 Å². The minimum absolute atomic E-state index is 0.0466. The van der Waals surface area contributed by atoms with Crippen LogP contribution in [0.3, 0.4) is 0 Å². The summed E-state index contributed by atoms with van der Waals surface area (Å²) in [7, 11) is -4.14. The lowest BCUT2D eigenvalue weighted by molar-refractivity contribution is -0.140. The predicted octanol–water partition coefficient (Wildman–Crippen LogP) is 6.80. The standard InChI is InChI=1S/C37H40ClN3O4S/c1-2-28-19-23-33(24-20-28)41(46(44,45)34-15-7-4-8-16-34)27-36(42)40(26-30-17-21-31(38)22-18-30)35(25-29-11-5-3-6-12-29)37(43)39-32-13-9-10-14-32/h3-8,11-12,15-24,32,35H,2,9-10,13-14,25-27H2,1H3,(H,39,43). The van der Waals surface area contributed by atoms with Gasteiger partial charge < -0.3 is 10.2 Å². The van der Waals surface area contributed by atoms with E-state index in [-0.39, 0.29) is 29.8 Å². The van der Waals surface area contributed by atoms with Crippen molar-refractivity contribution < 1.29 is 18.0 Å². The molecule has 4 aromatic carbocycles. The van der Waals surface area contributed by atoms with Crippen LogP contribution in [0.4, 0.5) is 5.69 Å². The van der Waals surface area contributed by atoms with Crippen molar-refractivity contribution in [3.63, 3.8) is 0 Å². The number of sulfonamides is 1. The van der Waals surface area contributed by atoms with Gasteiger partial charge in [-0.05, 0) is 72.4 Å². The second-order valence-electron chi connectivity index (χ2n) is 11.7. The van der Waals surface area contributed by atoms with E-state index in [1.807, 2.05) is 61.5 Å². The minimum Gasteiger partial charge on any atom is -0.352 e. The van der Waals surface area contributed by atoms with Gasteiger partial charge in [0.25, 0.3) is 10.0 Å². The Labute approximate surface area is 277 Å². The molecule has 0 saturated heterocycles. The normalized spacial score (nSPS) is 14.0. The first kappa shape index (κ1) is 33.2. The molecule has 7 nitrogen and oxygen atoms in total. The van der Waals surface area contributed by atoms with E-state index >= 15 is 0 Å². The van der Waals surface area contributed by atoms with Crippen LogP contribution in [0.2, 0.25) is 5.02 Å². The summed E-state index contributed by atoms with van der Waals surface area (Å²) in [5, 5.41) is 3.75. The lowest BCUT2D eigenvalue weighted by Gasteiger charge is -2.34. The number of halogens is 1. The minimum atomic E-state index is -4.14. The number of anilines is 1. The fourth-order valence-corrected chi connectivity index (χ4v) is 7.42. The van der Waals surface area contributed by atoms with Crippen molar-refractivity contribution in [1.29, 1.82) is 0 Å². The number of nitrogens with one attached hydrogen (secondary N) is 1. The van der Waals surface area contributed by atoms with Gasteiger partial charge in [0.2, 0.25) is 11.8 Å². The molecule has 1 aliphatic rings. The van der Waals surface area contributed by atoms with Gasteiger partial charge in [-0.3, -0.25) is 13.9 Å². The van der Waals surface area contributed by atoms with Crippen molar-refractivity contribution >= 4 is 39.1 Å². The molecule has 0 bridgehead atoms. The van der Waals surface area contributed by atoms with Crippen LogP contribution in [0.5, 0.6) is 0 Å². The summed E-state index contributed by atoms with van der Waals surface area (Å²) in [4.78, 5) is 30.3. The summed E-state index contributed by atoms with van der Waals surface area (Å²) in [6, 6.07) is 31.2. The molecule has 1 N–H and O–H groups in total. The van der Waals surface area contributed by atoms with Crippen molar-refractivity contribution in [3.8, 4) is 0 Å². The zero-order valence-corrected chi connectivity index (χ0v) is 27.6. The van der Waals surface area contributed by atoms with Gasteiger partial charge >= 0.3 is 0 Å². The molecule has 1 fully saturated rings. The molecule has 240 valence electrons. The number of hydrogen-bond acceptors (Lipinski definition) is 4. The lowest BCUT2D eigenvalue weighted by Crippen LogP contribution is -2.54. The Morgan fingerprint density at radius 3 is 2.00 bits per heavy atom. The maximum absolute atomic E-state index is 14.6. The van der Waals surface area contributed by atoms with E-state index in [2.05, 4.69) is 5.32 Å². The van der Waals surface area contributed by atoms with Crippen molar-refractivity contribution in [1.82, 2.24) is 10.2 Å². The number of aryl methyl sites for hydroxylation is 1. The second-order valence-corrected chi connectivity index (χ2v) is 14.0. The number of hydrogen-bond donors (Lipinski definition) is 1. The first-order chi connectivity index (χ1) is 22.2. The molecule has 1 aliphatic carbocycles. The highest BCUT2D eigenvalue weighted by Gasteiger charge is 2.35. The van der Waals surface area contributed by atoms with Gasteiger partial charge in [0.05, 0.1) is 10.6 Å². The number of amides is 2. The van der Waals surface area contributed by atoms with Crippen LogP contribution < -0.4 is 9.62 Å². The Balaban J connectivity index is 1.55. The van der Waals surface area contributed by atoms with Crippen molar-refractivity contribution in [2.45, 2.75) is 69.0 Å². The van der Waals surface area contributed by atoms with Crippen molar-refractivity contribution in [2.75, 3.05) is 10.8 Å². The van der Waals surface area contributed by atoms with Crippen LogP contribution in [0.1, 0.15) is 49.3 Å². The topological polar surface area (TPSA) is 86.8 Å². The quantitative estimate of drug-likeness (QED) is 0.171. The Hall–Kier alpha value is -4.14. The molecule has 0 aromatic heterocycles. The van der Waals surface area contributed by atoms with Crippen LogP contribution in [0.15, 0.2) is 114 Å². The third-order valence-electron chi connectivity index (χ3n) is 8.48. The van der Waals surface area contributed by atoms with Gasteiger partial charge in [-0.15, -0.1) is 0 Å². The zero-order chi connectivity index (χ0) is 32.5. The summed E-state index contributed by atoms with van der Waals surface area (Å²) in [5.41, 5.74) is 3.08. The summed E-state index contributed by atoms with van der Waals surface area (Å²) >= 11 is 6.17. The summed E-state index contributed by atoms with van der Waals surface area (Å²) < 4.78 is 29.4. The van der Waals surface area contributed by atoms with E-state index in [0.717, 1.165) is 53.1 Å². The van der Waals surface area contributed by atoms with E-state index in [0.29, 0.717) is 10.7 Å². The molecule has 9 heteroatoms. The highest BCUT2D eigenvalue weighted by atomic mass is 35.5. The Bertz CT molecular complexity index is 1690. The zero-order valence-electron chi connectivity index (χ0n) is 26.0. The monoisotopic (exact) mass is 657 g/mol. The largest absolute Gasteiger partial charge is 0.352 e. The van der Waals surface area contributed by atoms with Gasteiger partial charge in [0, 0.05) is 24.0 Å². The van der Waals surface area contributed by atoms with Crippen molar-refractivity contribution in [2.24, 2.45) is 0 Å². The number of carbonyl (C=O) groups is 2.